The smallest absolute Gasteiger partial charge is 0.318 e. The number of amides is 2. The minimum Gasteiger partial charge on any atom is -0.333 e. The number of likely N-dealkylation sites (tertiary alicyclic amines) is 1. The molecule has 4 heterocycles. The molecule has 0 radical (unpaired) electrons. The van der Waals surface area contributed by atoms with E-state index in [1.165, 1.54) is 11.3 Å². The normalized spacial score (nSPS) is 17.6. The van der Waals surface area contributed by atoms with Gasteiger partial charge in [0, 0.05) is 18.1 Å². The van der Waals surface area contributed by atoms with E-state index in [4.69, 9.17) is 4.52 Å². The number of nitrogens with zero attached hydrogens (tertiary/aromatic N) is 4. The maximum Gasteiger partial charge on any atom is 0.318 e. The third-order valence-corrected chi connectivity index (χ3v) is 5.83. The lowest BCUT2D eigenvalue weighted by Crippen LogP contribution is -2.44. The van der Waals surface area contributed by atoms with Crippen LogP contribution in [0, 0.1) is 0 Å². The van der Waals surface area contributed by atoms with Crippen molar-refractivity contribution in [3.8, 4) is 10.8 Å². The number of hydrogen-bond acceptors (Lipinski definition) is 7. The minimum atomic E-state index is -0.109. The van der Waals surface area contributed by atoms with Gasteiger partial charge in [-0.05, 0) is 30.7 Å². The zero-order valence-electron chi connectivity index (χ0n) is 13.4. The predicted molar refractivity (Wildman–Crippen MR) is 95.3 cm³/mol. The quantitative estimate of drug-likeness (QED) is 0.752. The van der Waals surface area contributed by atoms with Gasteiger partial charge in [-0.2, -0.15) is 4.98 Å². The van der Waals surface area contributed by atoms with Gasteiger partial charge in [0.25, 0.3) is 5.89 Å². The summed E-state index contributed by atoms with van der Waals surface area (Å²) in [5, 5.41) is 11.7. The molecular formula is C16H17N5O2S2. The lowest BCUT2D eigenvalue weighted by molar-refractivity contribution is 0.150. The van der Waals surface area contributed by atoms with E-state index in [1.807, 2.05) is 27.8 Å². The molecule has 1 aliphatic heterocycles. The van der Waals surface area contributed by atoms with E-state index in [1.54, 1.807) is 17.5 Å². The van der Waals surface area contributed by atoms with Crippen molar-refractivity contribution in [3.05, 3.63) is 39.9 Å². The number of aromatic nitrogens is 3. The van der Waals surface area contributed by atoms with Crippen LogP contribution in [-0.4, -0.2) is 32.6 Å². The molecule has 3 aromatic heterocycles. The van der Waals surface area contributed by atoms with Gasteiger partial charge in [-0.25, -0.2) is 9.78 Å². The van der Waals surface area contributed by atoms with Crippen LogP contribution in [0.25, 0.3) is 10.8 Å². The van der Waals surface area contributed by atoms with E-state index in [0.717, 1.165) is 35.7 Å². The highest BCUT2D eigenvalue weighted by molar-refractivity contribution is 7.13. The van der Waals surface area contributed by atoms with Crippen LogP contribution in [-0.2, 0) is 6.54 Å². The van der Waals surface area contributed by atoms with Crippen LogP contribution < -0.4 is 5.32 Å². The molecule has 4 rings (SSSR count). The Kier molecular flexibility index (Phi) is 4.75. The first kappa shape index (κ1) is 16.2. The molecule has 130 valence electrons. The lowest BCUT2D eigenvalue weighted by atomic mass is 10.0. The summed E-state index contributed by atoms with van der Waals surface area (Å²) in [6, 6.07) is 3.80. The molecule has 0 bridgehead atoms. The maximum absolute atomic E-state index is 12.6. The summed E-state index contributed by atoms with van der Waals surface area (Å²) >= 11 is 3.13. The molecule has 2 amide bonds. The first-order chi connectivity index (χ1) is 12.3. The van der Waals surface area contributed by atoms with Gasteiger partial charge in [0.05, 0.1) is 17.5 Å². The molecule has 0 saturated carbocycles. The fourth-order valence-corrected chi connectivity index (χ4v) is 4.34. The van der Waals surface area contributed by atoms with Crippen LogP contribution in [0.1, 0.15) is 36.1 Å². The molecule has 0 aliphatic carbocycles. The van der Waals surface area contributed by atoms with E-state index in [-0.39, 0.29) is 18.6 Å². The largest absolute Gasteiger partial charge is 0.333 e. The van der Waals surface area contributed by atoms with Gasteiger partial charge in [0.2, 0.25) is 0 Å². The van der Waals surface area contributed by atoms with Crippen LogP contribution in [0.15, 0.2) is 33.6 Å². The Morgan fingerprint density at radius 3 is 3.12 bits per heavy atom. The number of urea groups is 1. The van der Waals surface area contributed by atoms with Crippen LogP contribution in [0.4, 0.5) is 4.79 Å². The van der Waals surface area contributed by atoms with Crippen molar-refractivity contribution < 1.29 is 9.32 Å². The highest BCUT2D eigenvalue weighted by Gasteiger charge is 2.29. The zero-order valence-corrected chi connectivity index (χ0v) is 15.1. The van der Waals surface area contributed by atoms with E-state index >= 15 is 0 Å². The van der Waals surface area contributed by atoms with E-state index in [2.05, 4.69) is 20.4 Å². The number of hydrogen-bond donors (Lipinski definition) is 1. The summed E-state index contributed by atoms with van der Waals surface area (Å²) in [5.41, 5.74) is 0. The Morgan fingerprint density at radius 2 is 2.32 bits per heavy atom. The molecule has 3 aromatic rings. The number of carbonyl (C=O) groups excluding carboxylic acids is 1. The molecule has 1 saturated heterocycles. The maximum atomic E-state index is 12.6. The SMILES string of the molecule is O=C(NCc1noc(-c2cccs2)n1)N1CCCC[C@H]1c1nccs1. The Bertz CT molecular complexity index is 816. The van der Waals surface area contributed by atoms with Gasteiger partial charge in [0.1, 0.15) is 5.01 Å². The number of piperidine rings is 1. The summed E-state index contributed by atoms with van der Waals surface area (Å²) in [7, 11) is 0. The van der Waals surface area contributed by atoms with E-state index in [0.29, 0.717) is 11.7 Å². The fraction of sp³-hybridized carbons (Fsp3) is 0.375. The van der Waals surface area contributed by atoms with Crippen LogP contribution in [0.3, 0.4) is 0 Å². The number of thiazole rings is 1. The van der Waals surface area contributed by atoms with Crippen LogP contribution in [0.2, 0.25) is 0 Å². The molecule has 0 spiro atoms. The molecule has 0 unspecified atom stereocenters. The molecular weight excluding hydrogens is 358 g/mol. The number of rotatable bonds is 4. The summed E-state index contributed by atoms with van der Waals surface area (Å²) in [4.78, 5) is 24.1. The zero-order chi connectivity index (χ0) is 17.1. The highest BCUT2D eigenvalue weighted by atomic mass is 32.1. The number of thiophene rings is 1. The monoisotopic (exact) mass is 375 g/mol. The third kappa shape index (κ3) is 3.57. The van der Waals surface area contributed by atoms with Gasteiger partial charge in [-0.1, -0.05) is 11.2 Å². The minimum absolute atomic E-state index is 0.0562. The van der Waals surface area contributed by atoms with Gasteiger partial charge >= 0.3 is 6.03 Å². The van der Waals surface area contributed by atoms with Crippen molar-refractivity contribution in [3.63, 3.8) is 0 Å². The Morgan fingerprint density at radius 1 is 1.36 bits per heavy atom. The van der Waals surface area contributed by atoms with Gasteiger partial charge < -0.3 is 14.7 Å². The number of nitrogens with one attached hydrogen (secondary N) is 1. The van der Waals surface area contributed by atoms with Crippen molar-refractivity contribution >= 4 is 28.7 Å². The second kappa shape index (κ2) is 7.32. The van der Waals surface area contributed by atoms with Crippen molar-refractivity contribution in [2.75, 3.05) is 6.54 Å². The van der Waals surface area contributed by atoms with Crippen molar-refractivity contribution in [1.29, 1.82) is 0 Å². The average molecular weight is 375 g/mol. The van der Waals surface area contributed by atoms with Crippen molar-refractivity contribution in [1.82, 2.24) is 25.3 Å². The Balaban J connectivity index is 1.39. The first-order valence-corrected chi connectivity index (χ1v) is 9.87. The van der Waals surface area contributed by atoms with Crippen LogP contribution >= 0.6 is 22.7 Å². The second-order valence-corrected chi connectivity index (χ2v) is 7.60. The van der Waals surface area contributed by atoms with Gasteiger partial charge in [0.15, 0.2) is 5.82 Å². The Hall–Kier alpha value is -2.26. The fourth-order valence-electron chi connectivity index (χ4n) is 2.91. The molecule has 1 aliphatic rings. The molecule has 1 fully saturated rings. The molecule has 1 N–H and O–H groups in total. The van der Waals surface area contributed by atoms with Crippen LogP contribution in [0.5, 0.6) is 0 Å². The summed E-state index contributed by atoms with van der Waals surface area (Å²) in [6.07, 6.45) is 4.87. The summed E-state index contributed by atoms with van der Waals surface area (Å²) in [5.74, 6) is 0.956. The molecule has 1 atom stereocenters. The number of carbonyl (C=O) groups is 1. The van der Waals surface area contributed by atoms with E-state index in [9.17, 15) is 4.79 Å². The van der Waals surface area contributed by atoms with Crippen molar-refractivity contribution in [2.24, 2.45) is 0 Å². The standard InChI is InChI=1S/C16H17N5O2S2/c22-16(21-7-2-1-4-11(21)15-17-6-9-25-15)18-10-13-19-14(23-20-13)12-5-3-8-24-12/h3,5-6,8-9,11H,1-2,4,7,10H2,(H,18,22)/t11-/m0/s1. The molecule has 9 heteroatoms. The summed E-state index contributed by atoms with van der Waals surface area (Å²) < 4.78 is 5.24. The third-order valence-electron chi connectivity index (χ3n) is 4.10. The predicted octanol–water partition coefficient (Wildman–Crippen LogP) is 3.69. The van der Waals surface area contributed by atoms with Gasteiger partial charge in [-0.15, -0.1) is 22.7 Å². The Labute approximate surface area is 152 Å². The lowest BCUT2D eigenvalue weighted by Gasteiger charge is -2.34. The average Bonchev–Trinajstić information content (AvgIpc) is 3.41. The van der Waals surface area contributed by atoms with E-state index < -0.39 is 0 Å². The molecule has 0 aromatic carbocycles. The highest BCUT2D eigenvalue weighted by Crippen LogP contribution is 2.32. The topological polar surface area (TPSA) is 84.2 Å². The summed E-state index contributed by atoms with van der Waals surface area (Å²) in [6.45, 7) is 0.984. The van der Waals surface area contributed by atoms with Gasteiger partial charge in [-0.3, -0.25) is 0 Å². The first-order valence-electron chi connectivity index (χ1n) is 8.11. The molecule has 7 nitrogen and oxygen atoms in total. The van der Waals surface area contributed by atoms with Crippen molar-refractivity contribution in [2.45, 2.75) is 31.8 Å². The molecule has 25 heavy (non-hydrogen) atoms. The second-order valence-electron chi connectivity index (χ2n) is 5.73.